The van der Waals surface area contributed by atoms with E-state index in [2.05, 4.69) is 5.10 Å². The first-order valence-electron chi connectivity index (χ1n) is 6.07. The molecule has 1 N–H and O–H groups in total. The largest absolute Gasteiger partial charge is 0.477 e. The summed E-state index contributed by atoms with van der Waals surface area (Å²) in [5.74, 6) is -0.547. The molecule has 2 aromatic heterocycles. The maximum atomic E-state index is 11.3. The van der Waals surface area contributed by atoms with Crippen molar-refractivity contribution in [2.24, 2.45) is 0 Å². The van der Waals surface area contributed by atoms with Gasteiger partial charge in [0.1, 0.15) is 17.0 Å². The molecule has 0 amide bonds. The van der Waals surface area contributed by atoms with E-state index in [4.69, 9.17) is 27.6 Å². The zero-order valence-corrected chi connectivity index (χ0v) is 12.7. The summed E-state index contributed by atoms with van der Waals surface area (Å²) < 4.78 is 7.04. The van der Waals surface area contributed by atoms with Gasteiger partial charge in [-0.1, -0.05) is 23.2 Å². The fourth-order valence-corrected chi connectivity index (χ4v) is 2.82. The first kappa shape index (κ1) is 14.0. The van der Waals surface area contributed by atoms with E-state index in [0.717, 1.165) is 0 Å². The number of carboxylic acids is 1. The van der Waals surface area contributed by atoms with Gasteiger partial charge < -0.3 is 9.52 Å². The molecule has 0 spiro atoms. The van der Waals surface area contributed by atoms with Crippen LogP contribution in [0.25, 0.3) is 17.0 Å². The Labute approximate surface area is 129 Å². The number of aryl methyl sites for hydroxylation is 2. The highest BCUT2D eigenvalue weighted by molar-refractivity contribution is 6.36. The summed E-state index contributed by atoms with van der Waals surface area (Å²) in [5, 5.41) is 14.5. The van der Waals surface area contributed by atoms with Crippen molar-refractivity contribution in [1.82, 2.24) is 9.61 Å². The van der Waals surface area contributed by atoms with Gasteiger partial charge >= 0.3 is 5.97 Å². The zero-order valence-electron chi connectivity index (χ0n) is 11.1. The number of aromatic nitrogens is 2. The number of nitrogens with zero attached hydrogens (tertiary/aromatic N) is 2. The second kappa shape index (κ2) is 4.79. The second-order valence-electron chi connectivity index (χ2n) is 4.61. The third kappa shape index (κ3) is 2.09. The monoisotopic (exact) mass is 324 g/mol. The van der Waals surface area contributed by atoms with E-state index in [-0.39, 0.29) is 11.3 Å². The Kier molecular flexibility index (Phi) is 3.19. The first-order chi connectivity index (χ1) is 9.90. The number of halogens is 2. The molecule has 0 aliphatic rings. The summed E-state index contributed by atoms with van der Waals surface area (Å²) in [6.45, 7) is 3.35. The van der Waals surface area contributed by atoms with Crippen molar-refractivity contribution in [3.05, 3.63) is 45.3 Å². The van der Waals surface area contributed by atoms with Crippen LogP contribution in [-0.4, -0.2) is 20.7 Å². The highest BCUT2D eigenvalue weighted by atomic mass is 35.5. The molecule has 0 atom stereocenters. The maximum absolute atomic E-state index is 11.3. The van der Waals surface area contributed by atoms with Crippen molar-refractivity contribution < 1.29 is 14.3 Å². The van der Waals surface area contributed by atoms with Gasteiger partial charge in [0, 0.05) is 10.6 Å². The van der Waals surface area contributed by atoms with E-state index in [0.29, 0.717) is 32.8 Å². The number of hydrogen-bond acceptors (Lipinski definition) is 3. The van der Waals surface area contributed by atoms with Crippen LogP contribution in [0.15, 0.2) is 22.6 Å². The predicted molar refractivity (Wildman–Crippen MR) is 79.3 cm³/mol. The van der Waals surface area contributed by atoms with Crippen LogP contribution >= 0.6 is 23.2 Å². The van der Waals surface area contributed by atoms with Crippen LogP contribution in [0.4, 0.5) is 0 Å². The smallest absolute Gasteiger partial charge is 0.343 e. The molecule has 0 saturated carbocycles. The van der Waals surface area contributed by atoms with Crippen LogP contribution in [0.2, 0.25) is 10.0 Å². The Hall–Kier alpha value is -1.98. The van der Waals surface area contributed by atoms with Crippen LogP contribution in [0.5, 0.6) is 0 Å². The minimum atomic E-state index is -1.08. The Balaban J connectivity index is 2.35. The average Bonchev–Trinajstić information content (AvgIpc) is 2.83. The van der Waals surface area contributed by atoms with Crippen LogP contribution < -0.4 is 0 Å². The molecular weight excluding hydrogens is 315 g/mol. The van der Waals surface area contributed by atoms with Gasteiger partial charge in [0.25, 0.3) is 0 Å². The number of rotatable bonds is 2. The van der Waals surface area contributed by atoms with E-state index in [1.807, 2.05) is 0 Å². The molecule has 0 bridgehead atoms. The van der Waals surface area contributed by atoms with E-state index >= 15 is 0 Å². The highest BCUT2D eigenvalue weighted by Gasteiger charge is 2.25. The van der Waals surface area contributed by atoms with Gasteiger partial charge in [-0.05, 0) is 32.0 Å². The number of carbonyl (C=O) groups is 1. The summed E-state index contributed by atoms with van der Waals surface area (Å²) in [4.78, 5) is 11.3. The Morgan fingerprint density at radius 1 is 1.33 bits per heavy atom. The van der Waals surface area contributed by atoms with Crippen molar-refractivity contribution in [3.63, 3.8) is 0 Å². The molecule has 108 valence electrons. The van der Waals surface area contributed by atoms with E-state index in [9.17, 15) is 9.90 Å². The van der Waals surface area contributed by atoms with Gasteiger partial charge in [-0.2, -0.15) is 9.61 Å². The van der Waals surface area contributed by atoms with Gasteiger partial charge in [0.05, 0.1) is 10.7 Å². The highest BCUT2D eigenvalue weighted by Crippen LogP contribution is 2.35. The lowest BCUT2D eigenvalue weighted by Crippen LogP contribution is -1.96. The standard InChI is InChI=1S/C14H10Cl2N2O3/c1-6-11(14(19)20)13-18(17-6)12(7(2)21-13)9-4-3-8(15)5-10(9)16/h3-5H,1-2H3,(H,19,20). The van der Waals surface area contributed by atoms with Crippen LogP contribution in [0, 0.1) is 13.8 Å². The molecule has 21 heavy (non-hydrogen) atoms. The van der Waals surface area contributed by atoms with Gasteiger partial charge in [-0.25, -0.2) is 4.79 Å². The van der Waals surface area contributed by atoms with Gasteiger partial charge in [0.15, 0.2) is 0 Å². The van der Waals surface area contributed by atoms with Crippen LogP contribution in [0.3, 0.4) is 0 Å². The molecule has 0 unspecified atom stereocenters. The Morgan fingerprint density at radius 3 is 2.67 bits per heavy atom. The van der Waals surface area contributed by atoms with Gasteiger partial charge in [-0.15, -0.1) is 0 Å². The Morgan fingerprint density at radius 2 is 2.05 bits per heavy atom. The number of benzene rings is 1. The number of aromatic carboxylic acids is 1. The van der Waals surface area contributed by atoms with Crippen molar-refractivity contribution in [2.75, 3.05) is 0 Å². The normalized spacial score (nSPS) is 11.2. The summed E-state index contributed by atoms with van der Waals surface area (Å²) in [6.07, 6.45) is 0. The summed E-state index contributed by atoms with van der Waals surface area (Å²) in [6, 6.07) is 5.07. The lowest BCUT2D eigenvalue weighted by molar-refractivity contribution is 0.0697. The molecule has 0 aliphatic heterocycles. The zero-order chi connectivity index (χ0) is 15.3. The lowest BCUT2D eigenvalue weighted by Gasteiger charge is -2.03. The van der Waals surface area contributed by atoms with Crippen molar-refractivity contribution in [2.45, 2.75) is 13.8 Å². The summed E-state index contributed by atoms with van der Waals surface area (Å²) >= 11 is 12.1. The first-order valence-corrected chi connectivity index (χ1v) is 6.83. The molecule has 3 aromatic rings. The van der Waals surface area contributed by atoms with Crippen LogP contribution in [0.1, 0.15) is 21.8 Å². The Bertz CT molecular complexity index is 880. The fourth-order valence-electron chi connectivity index (χ4n) is 2.33. The SMILES string of the molecule is Cc1nn2c(-c3ccc(Cl)cc3Cl)c(C)oc2c1C(=O)O. The third-order valence-electron chi connectivity index (χ3n) is 3.21. The number of hydrogen-bond donors (Lipinski definition) is 1. The lowest BCUT2D eigenvalue weighted by atomic mass is 10.1. The molecular formula is C14H10Cl2N2O3. The number of oxazole rings is 1. The minimum absolute atomic E-state index is 0.0504. The minimum Gasteiger partial charge on any atom is -0.477 e. The van der Waals surface area contributed by atoms with Crippen LogP contribution in [-0.2, 0) is 0 Å². The van der Waals surface area contributed by atoms with E-state index in [1.165, 1.54) is 4.52 Å². The summed E-state index contributed by atoms with van der Waals surface area (Å²) in [5.41, 5.74) is 1.92. The number of carboxylic acid groups (broad SMARTS) is 1. The van der Waals surface area contributed by atoms with Crippen molar-refractivity contribution in [3.8, 4) is 11.3 Å². The molecule has 7 heteroatoms. The number of fused-ring (bicyclic) bond motifs is 1. The van der Waals surface area contributed by atoms with Crippen molar-refractivity contribution >= 4 is 34.9 Å². The van der Waals surface area contributed by atoms with Gasteiger partial charge in [0.2, 0.25) is 5.71 Å². The van der Waals surface area contributed by atoms with E-state index in [1.54, 1.807) is 32.0 Å². The molecule has 0 radical (unpaired) electrons. The topological polar surface area (TPSA) is 67.7 Å². The second-order valence-corrected chi connectivity index (χ2v) is 5.46. The van der Waals surface area contributed by atoms with Crippen molar-refractivity contribution in [1.29, 1.82) is 0 Å². The molecule has 5 nitrogen and oxygen atoms in total. The molecule has 1 aromatic carbocycles. The molecule has 0 aliphatic carbocycles. The predicted octanol–water partition coefficient (Wildman–Crippen LogP) is 4.22. The fraction of sp³-hybridized carbons (Fsp3) is 0.143. The molecule has 2 heterocycles. The molecule has 0 saturated heterocycles. The molecule has 3 rings (SSSR count). The summed E-state index contributed by atoms with van der Waals surface area (Å²) in [7, 11) is 0. The quantitative estimate of drug-likeness (QED) is 0.766. The average molecular weight is 325 g/mol. The van der Waals surface area contributed by atoms with Gasteiger partial charge in [-0.3, -0.25) is 0 Å². The molecule has 0 fully saturated rings. The third-order valence-corrected chi connectivity index (χ3v) is 3.76. The van der Waals surface area contributed by atoms with E-state index < -0.39 is 5.97 Å². The maximum Gasteiger partial charge on any atom is 0.343 e.